The molecule has 0 saturated carbocycles. The van der Waals surface area contributed by atoms with E-state index in [4.69, 9.17) is 5.73 Å². The predicted octanol–water partition coefficient (Wildman–Crippen LogP) is 1.51. The highest BCUT2D eigenvalue weighted by Gasteiger charge is 2.22. The predicted molar refractivity (Wildman–Crippen MR) is 76.2 cm³/mol. The quantitative estimate of drug-likeness (QED) is 0.588. The minimum absolute atomic E-state index is 0.0182. The number of hydrogen-bond acceptors (Lipinski definition) is 5. The lowest BCUT2D eigenvalue weighted by Gasteiger charge is -2.20. The maximum atomic E-state index is 12.4. The molecule has 0 bridgehead atoms. The minimum Gasteiger partial charge on any atom is -0.508 e. The number of anilines is 2. The van der Waals surface area contributed by atoms with Crippen LogP contribution in [0.4, 0.5) is 11.4 Å². The molecule has 0 radical (unpaired) electrons. The van der Waals surface area contributed by atoms with E-state index in [9.17, 15) is 18.6 Å². The highest BCUT2D eigenvalue weighted by molar-refractivity contribution is 7.92. The zero-order chi connectivity index (χ0) is 14.9. The van der Waals surface area contributed by atoms with E-state index in [1.54, 1.807) is 12.1 Å². The summed E-state index contributed by atoms with van der Waals surface area (Å²) in [7, 11) is -2.45. The summed E-state index contributed by atoms with van der Waals surface area (Å²) in [5, 5.41) is 18.7. The van der Waals surface area contributed by atoms with Gasteiger partial charge in [0.15, 0.2) is 0 Å². The third-order valence-electron chi connectivity index (χ3n) is 2.85. The van der Waals surface area contributed by atoms with Gasteiger partial charge in [0.25, 0.3) is 10.0 Å². The van der Waals surface area contributed by atoms with Crippen molar-refractivity contribution in [3.8, 4) is 11.5 Å². The molecule has 0 aromatic heterocycles. The normalized spacial score (nSPS) is 11.2. The Kier molecular flexibility index (Phi) is 3.46. The van der Waals surface area contributed by atoms with E-state index in [-0.39, 0.29) is 22.1 Å². The average molecular weight is 294 g/mol. The van der Waals surface area contributed by atoms with Gasteiger partial charge in [0.2, 0.25) is 0 Å². The molecule has 0 aliphatic rings. The molecule has 2 aromatic rings. The smallest absolute Gasteiger partial charge is 0.264 e. The summed E-state index contributed by atoms with van der Waals surface area (Å²) in [6.07, 6.45) is 0. The maximum absolute atomic E-state index is 12.4. The molecule has 4 N–H and O–H groups in total. The molecule has 2 rings (SSSR count). The van der Waals surface area contributed by atoms with Gasteiger partial charge in [0.1, 0.15) is 11.5 Å². The van der Waals surface area contributed by atoms with Gasteiger partial charge in [-0.1, -0.05) is 6.07 Å². The van der Waals surface area contributed by atoms with E-state index in [1.165, 1.54) is 37.4 Å². The number of nitrogen functional groups attached to an aromatic ring is 1. The van der Waals surface area contributed by atoms with Crippen molar-refractivity contribution in [2.75, 3.05) is 17.1 Å². The van der Waals surface area contributed by atoms with Crippen LogP contribution in [0, 0.1) is 0 Å². The van der Waals surface area contributed by atoms with Crippen LogP contribution < -0.4 is 10.0 Å². The van der Waals surface area contributed by atoms with Crippen LogP contribution in [0.3, 0.4) is 0 Å². The van der Waals surface area contributed by atoms with E-state index in [0.29, 0.717) is 5.69 Å². The van der Waals surface area contributed by atoms with Crippen LogP contribution in [0.5, 0.6) is 11.5 Å². The van der Waals surface area contributed by atoms with Crippen molar-refractivity contribution in [1.29, 1.82) is 0 Å². The maximum Gasteiger partial charge on any atom is 0.264 e. The number of benzene rings is 2. The molecule has 0 atom stereocenters. The molecule has 0 spiro atoms. The first-order valence-corrected chi connectivity index (χ1v) is 7.13. The van der Waals surface area contributed by atoms with Crippen molar-refractivity contribution in [3.63, 3.8) is 0 Å². The monoisotopic (exact) mass is 294 g/mol. The van der Waals surface area contributed by atoms with E-state index >= 15 is 0 Å². The molecular weight excluding hydrogens is 280 g/mol. The van der Waals surface area contributed by atoms with Gasteiger partial charge < -0.3 is 15.9 Å². The number of hydrogen-bond donors (Lipinski definition) is 3. The highest BCUT2D eigenvalue weighted by Crippen LogP contribution is 2.28. The van der Waals surface area contributed by atoms with Crippen molar-refractivity contribution in [3.05, 3.63) is 42.5 Å². The van der Waals surface area contributed by atoms with Crippen molar-refractivity contribution in [2.45, 2.75) is 4.90 Å². The Balaban J connectivity index is 2.46. The van der Waals surface area contributed by atoms with Crippen LogP contribution >= 0.6 is 0 Å². The Morgan fingerprint density at radius 2 is 1.80 bits per heavy atom. The third kappa shape index (κ3) is 2.48. The number of phenols is 2. The summed E-state index contributed by atoms with van der Waals surface area (Å²) in [6.45, 7) is 0. The van der Waals surface area contributed by atoms with Gasteiger partial charge in [-0.3, -0.25) is 4.31 Å². The van der Waals surface area contributed by atoms with Gasteiger partial charge in [-0.2, -0.15) is 0 Å². The van der Waals surface area contributed by atoms with E-state index in [1.807, 2.05) is 0 Å². The summed E-state index contributed by atoms with van der Waals surface area (Å²) >= 11 is 0. The summed E-state index contributed by atoms with van der Waals surface area (Å²) in [5.41, 5.74) is 5.81. The topological polar surface area (TPSA) is 104 Å². The van der Waals surface area contributed by atoms with Crippen molar-refractivity contribution in [1.82, 2.24) is 0 Å². The standard InChI is InChI=1S/C13H14N2O4S/c1-15(9-3-2-4-10(16)7-9)20(18,19)11-5-6-13(17)12(14)8-11/h2-8,16-17H,14H2,1H3. The fraction of sp³-hybridized carbons (Fsp3) is 0.0769. The summed E-state index contributed by atoms with van der Waals surface area (Å²) in [6, 6.07) is 9.55. The number of phenolic OH excluding ortho intramolecular Hbond substituents is 2. The van der Waals surface area contributed by atoms with Crippen molar-refractivity contribution >= 4 is 21.4 Å². The first-order chi connectivity index (χ1) is 9.32. The van der Waals surface area contributed by atoms with Crippen molar-refractivity contribution in [2.24, 2.45) is 0 Å². The first kappa shape index (κ1) is 14.0. The fourth-order valence-electron chi connectivity index (χ4n) is 1.68. The van der Waals surface area contributed by atoms with E-state index in [0.717, 1.165) is 4.31 Å². The van der Waals surface area contributed by atoms with Crippen molar-refractivity contribution < 1.29 is 18.6 Å². The number of rotatable bonds is 3. The van der Waals surface area contributed by atoms with E-state index < -0.39 is 10.0 Å². The first-order valence-electron chi connectivity index (χ1n) is 5.69. The lowest BCUT2D eigenvalue weighted by Crippen LogP contribution is -2.26. The molecule has 2 aromatic carbocycles. The van der Waals surface area contributed by atoms with Crippen LogP contribution in [0.15, 0.2) is 47.4 Å². The van der Waals surface area contributed by atoms with Gasteiger partial charge in [-0.25, -0.2) is 8.42 Å². The molecule has 7 heteroatoms. The molecule has 0 aliphatic heterocycles. The molecular formula is C13H14N2O4S. The Morgan fingerprint density at radius 3 is 2.40 bits per heavy atom. The van der Waals surface area contributed by atoms with Gasteiger partial charge in [0, 0.05) is 13.1 Å². The second-order valence-corrected chi connectivity index (χ2v) is 6.18. The second kappa shape index (κ2) is 4.93. The lowest BCUT2D eigenvalue weighted by atomic mass is 10.3. The van der Waals surface area contributed by atoms with Crippen LogP contribution in [0.25, 0.3) is 0 Å². The average Bonchev–Trinajstić information content (AvgIpc) is 2.40. The Bertz CT molecular complexity index is 744. The summed E-state index contributed by atoms with van der Waals surface area (Å²) in [5.74, 6) is -0.210. The number of sulfonamides is 1. The van der Waals surface area contributed by atoms with Gasteiger partial charge in [0.05, 0.1) is 16.3 Å². The lowest BCUT2D eigenvalue weighted by molar-refractivity contribution is 0.475. The van der Waals surface area contributed by atoms with Gasteiger partial charge >= 0.3 is 0 Å². The molecule has 20 heavy (non-hydrogen) atoms. The Labute approximate surface area is 116 Å². The minimum atomic E-state index is -3.82. The summed E-state index contributed by atoms with van der Waals surface area (Å²) < 4.78 is 25.9. The zero-order valence-corrected chi connectivity index (χ0v) is 11.5. The van der Waals surface area contributed by atoms with Crippen LogP contribution in [-0.4, -0.2) is 25.7 Å². The second-order valence-electron chi connectivity index (χ2n) is 4.21. The highest BCUT2D eigenvalue weighted by atomic mass is 32.2. The van der Waals surface area contributed by atoms with Crippen LogP contribution in [0.2, 0.25) is 0 Å². The zero-order valence-electron chi connectivity index (χ0n) is 10.7. The van der Waals surface area contributed by atoms with E-state index in [2.05, 4.69) is 0 Å². The van der Waals surface area contributed by atoms with Gasteiger partial charge in [-0.05, 0) is 30.3 Å². The Morgan fingerprint density at radius 1 is 1.10 bits per heavy atom. The molecule has 0 fully saturated rings. The molecule has 0 saturated heterocycles. The molecule has 0 heterocycles. The molecule has 0 amide bonds. The third-order valence-corrected chi connectivity index (χ3v) is 4.63. The van der Waals surface area contributed by atoms with Crippen LogP contribution in [-0.2, 0) is 10.0 Å². The number of aromatic hydroxyl groups is 2. The summed E-state index contributed by atoms with van der Waals surface area (Å²) in [4.78, 5) is -0.0429. The molecule has 0 aliphatic carbocycles. The SMILES string of the molecule is CN(c1cccc(O)c1)S(=O)(=O)c1ccc(O)c(N)c1. The number of nitrogens with two attached hydrogens (primary N) is 1. The molecule has 106 valence electrons. The largest absolute Gasteiger partial charge is 0.508 e. The van der Waals surface area contributed by atoms with Crippen LogP contribution in [0.1, 0.15) is 0 Å². The molecule has 0 unspecified atom stereocenters. The van der Waals surface area contributed by atoms with Gasteiger partial charge in [-0.15, -0.1) is 0 Å². The Hall–Kier alpha value is -2.41. The fourth-order valence-corrected chi connectivity index (χ4v) is 2.90. The molecule has 6 nitrogen and oxygen atoms in total. The number of nitrogens with zero attached hydrogens (tertiary/aromatic N) is 1.